The molecule has 0 atom stereocenters. The van der Waals surface area contributed by atoms with Crippen LogP contribution in [0.4, 0.5) is 11.4 Å². The number of benzene rings is 3. The lowest BCUT2D eigenvalue weighted by molar-refractivity contribution is -0.120. The van der Waals surface area contributed by atoms with Gasteiger partial charge in [0.2, 0.25) is 0 Å². The molecule has 3 aromatic carbocycles. The van der Waals surface area contributed by atoms with Crippen LogP contribution in [0.3, 0.4) is 0 Å². The summed E-state index contributed by atoms with van der Waals surface area (Å²) in [6.07, 6.45) is 0.853. The SMILES string of the molecule is Cc1ccc(C2=C(N3CCc4ccccc43)C(=O)N(c3ccc(C)cc3C)C2=O)cc1. The van der Waals surface area contributed by atoms with Crippen molar-refractivity contribution in [2.45, 2.75) is 27.2 Å². The summed E-state index contributed by atoms with van der Waals surface area (Å²) in [5.74, 6) is -0.524. The predicted octanol–water partition coefficient (Wildman–Crippen LogP) is 4.96. The Morgan fingerprint density at radius 2 is 1.45 bits per heavy atom. The molecule has 0 radical (unpaired) electrons. The number of carbonyl (C=O) groups is 2. The smallest absolute Gasteiger partial charge is 0.282 e. The standard InChI is InChI=1S/C27H24N2O2/c1-17-8-11-21(12-9-17)24-25(28-15-14-20-6-4-5-7-23(20)28)27(31)29(26(24)30)22-13-10-18(2)16-19(22)3/h4-13,16H,14-15H2,1-3H3. The van der Waals surface area contributed by atoms with Crippen LogP contribution in [0.15, 0.2) is 72.4 Å². The molecule has 4 nitrogen and oxygen atoms in total. The number of nitrogens with zero attached hydrogens (tertiary/aromatic N) is 2. The number of carbonyl (C=O) groups excluding carboxylic acids is 2. The number of fused-ring (bicyclic) bond motifs is 1. The molecule has 154 valence electrons. The first kappa shape index (κ1) is 19.3. The van der Waals surface area contributed by atoms with Crippen molar-refractivity contribution in [3.8, 4) is 0 Å². The third kappa shape index (κ3) is 3.07. The Kier molecular flexibility index (Phi) is 4.51. The van der Waals surface area contributed by atoms with Gasteiger partial charge in [-0.2, -0.15) is 0 Å². The van der Waals surface area contributed by atoms with Crippen molar-refractivity contribution < 1.29 is 9.59 Å². The first-order chi connectivity index (χ1) is 15.0. The fourth-order valence-electron chi connectivity index (χ4n) is 4.59. The van der Waals surface area contributed by atoms with Crippen molar-refractivity contribution in [1.29, 1.82) is 0 Å². The first-order valence-corrected chi connectivity index (χ1v) is 10.6. The van der Waals surface area contributed by atoms with Gasteiger partial charge in [-0.3, -0.25) is 9.59 Å². The van der Waals surface area contributed by atoms with Gasteiger partial charge in [-0.05, 0) is 56.0 Å². The summed E-state index contributed by atoms with van der Waals surface area (Å²) in [6.45, 7) is 6.65. The second kappa shape index (κ2) is 7.24. The fraction of sp³-hybridized carbons (Fsp3) is 0.185. The lowest BCUT2D eigenvalue weighted by Gasteiger charge is -2.22. The summed E-state index contributed by atoms with van der Waals surface area (Å²) in [6, 6.07) is 21.8. The summed E-state index contributed by atoms with van der Waals surface area (Å²) in [7, 11) is 0. The summed E-state index contributed by atoms with van der Waals surface area (Å²) in [5.41, 5.74) is 7.69. The number of hydrogen-bond acceptors (Lipinski definition) is 3. The number of anilines is 2. The zero-order valence-electron chi connectivity index (χ0n) is 18.0. The van der Waals surface area contributed by atoms with Gasteiger partial charge in [-0.1, -0.05) is 65.7 Å². The molecule has 2 aliphatic rings. The molecule has 2 heterocycles. The number of aryl methyl sites for hydroxylation is 3. The van der Waals surface area contributed by atoms with Crippen molar-refractivity contribution in [2.75, 3.05) is 16.3 Å². The molecule has 0 N–H and O–H groups in total. The van der Waals surface area contributed by atoms with Crippen molar-refractivity contribution in [3.05, 3.63) is 100 Å². The van der Waals surface area contributed by atoms with E-state index in [1.54, 1.807) is 0 Å². The number of para-hydroxylation sites is 1. The van der Waals surface area contributed by atoms with E-state index in [1.165, 1.54) is 10.5 Å². The third-order valence-corrected chi connectivity index (χ3v) is 6.15. The van der Waals surface area contributed by atoms with Gasteiger partial charge in [0.25, 0.3) is 11.8 Å². The van der Waals surface area contributed by atoms with E-state index in [-0.39, 0.29) is 11.8 Å². The Balaban J connectivity index is 1.70. The molecule has 0 saturated heterocycles. The molecule has 2 aliphatic heterocycles. The van der Waals surface area contributed by atoms with Crippen molar-refractivity contribution in [3.63, 3.8) is 0 Å². The average Bonchev–Trinajstić information content (AvgIpc) is 3.28. The Hall–Kier alpha value is -3.66. The molecule has 4 heteroatoms. The Morgan fingerprint density at radius 3 is 2.19 bits per heavy atom. The van der Waals surface area contributed by atoms with Crippen LogP contribution in [0.5, 0.6) is 0 Å². The van der Waals surface area contributed by atoms with E-state index in [2.05, 4.69) is 6.07 Å². The molecule has 0 bridgehead atoms. The second-order valence-electron chi connectivity index (χ2n) is 8.36. The maximum Gasteiger partial charge on any atom is 0.282 e. The van der Waals surface area contributed by atoms with Gasteiger partial charge in [0, 0.05) is 12.2 Å². The van der Waals surface area contributed by atoms with Crippen LogP contribution in [-0.2, 0) is 16.0 Å². The summed E-state index contributed by atoms with van der Waals surface area (Å²) >= 11 is 0. The van der Waals surface area contributed by atoms with E-state index in [1.807, 2.05) is 86.3 Å². The van der Waals surface area contributed by atoms with Crippen LogP contribution in [-0.4, -0.2) is 18.4 Å². The molecule has 2 amide bonds. The maximum atomic E-state index is 13.8. The Labute approximate surface area is 182 Å². The molecular weight excluding hydrogens is 384 g/mol. The average molecular weight is 409 g/mol. The highest BCUT2D eigenvalue weighted by molar-refractivity contribution is 6.46. The van der Waals surface area contributed by atoms with E-state index in [4.69, 9.17) is 0 Å². The predicted molar refractivity (Wildman–Crippen MR) is 124 cm³/mol. The molecule has 0 spiro atoms. The topological polar surface area (TPSA) is 40.6 Å². The number of rotatable bonds is 3. The summed E-state index contributed by atoms with van der Waals surface area (Å²) < 4.78 is 0. The molecule has 0 aliphatic carbocycles. The molecule has 31 heavy (non-hydrogen) atoms. The molecule has 0 fully saturated rings. The number of imide groups is 1. The van der Waals surface area contributed by atoms with Crippen LogP contribution in [0, 0.1) is 20.8 Å². The quantitative estimate of drug-likeness (QED) is 0.575. The minimum absolute atomic E-state index is 0.260. The largest absolute Gasteiger partial charge is 0.336 e. The summed E-state index contributed by atoms with van der Waals surface area (Å²) in [4.78, 5) is 30.9. The lowest BCUT2D eigenvalue weighted by Crippen LogP contribution is -2.35. The van der Waals surface area contributed by atoms with Crippen LogP contribution in [0.25, 0.3) is 5.57 Å². The van der Waals surface area contributed by atoms with Gasteiger partial charge in [0.15, 0.2) is 0 Å². The van der Waals surface area contributed by atoms with Crippen molar-refractivity contribution >= 4 is 28.8 Å². The number of amides is 2. The molecular formula is C27H24N2O2. The van der Waals surface area contributed by atoms with Crippen molar-refractivity contribution in [1.82, 2.24) is 0 Å². The van der Waals surface area contributed by atoms with Crippen LogP contribution in [0.2, 0.25) is 0 Å². The van der Waals surface area contributed by atoms with Crippen LogP contribution < -0.4 is 9.80 Å². The highest BCUT2D eigenvalue weighted by atomic mass is 16.2. The molecule has 0 aromatic heterocycles. The zero-order chi connectivity index (χ0) is 21.7. The molecule has 0 saturated carbocycles. The minimum atomic E-state index is -0.264. The van der Waals surface area contributed by atoms with Gasteiger partial charge >= 0.3 is 0 Å². The minimum Gasteiger partial charge on any atom is -0.336 e. The van der Waals surface area contributed by atoms with Gasteiger partial charge < -0.3 is 4.90 Å². The molecule has 5 rings (SSSR count). The first-order valence-electron chi connectivity index (χ1n) is 10.6. The van der Waals surface area contributed by atoms with Crippen molar-refractivity contribution in [2.24, 2.45) is 0 Å². The third-order valence-electron chi connectivity index (χ3n) is 6.15. The Morgan fingerprint density at radius 1 is 0.742 bits per heavy atom. The maximum absolute atomic E-state index is 13.8. The lowest BCUT2D eigenvalue weighted by atomic mass is 10.0. The number of hydrogen-bond donors (Lipinski definition) is 0. The monoisotopic (exact) mass is 408 g/mol. The second-order valence-corrected chi connectivity index (χ2v) is 8.36. The van der Waals surface area contributed by atoms with Crippen LogP contribution >= 0.6 is 0 Å². The molecule has 3 aromatic rings. The van der Waals surface area contributed by atoms with E-state index in [9.17, 15) is 9.59 Å². The summed E-state index contributed by atoms with van der Waals surface area (Å²) in [5, 5.41) is 0. The van der Waals surface area contributed by atoms with Gasteiger partial charge in [-0.15, -0.1) is 0 Å². The zero-order valence-corrected chi connectivity index (χ0v) is 18.0. The highest BCUT2D eigenvalue weighted by Crippen LogP contribution is 2.40. The molecule has 0 unspecified atom stereocenters. The highest BCUT2D eigenvalue weighted by Gasteiger charge is 2.44. The van der Waals surface area contributed by atoms with E-state index < -0.39 is 0 Å². The van der Waals surface area contributed by atoms with E-state index in [0.717, 1.165) is 34.4 Å². The van der Waals surface area contributed by atoms with E-state index in [0.29, 0.717) is 23.5 Å². The Bertz CT molecular complexity index is 1250. The van der Waals surface area contributed by atoms with Crippen LogP contribution in [0.1, 0.15) is 27.8 Å². The van der Waals surface area contributed by atoms with E-state index >= 15 is 0 Å². The van der Waals surface area contributed by atoms with Gasteiger partial charge in [0.1, 0.15) is 5.70 Å². The normalized spacial score (nSPS) is 15.8. The van der Waals surface area contributed by atoms with Gasteiger partial charge in [0.05, 0.1) is 11.3 Å². The van der Waals surface area contributed by atoms with Gasteiger partial charge in [-0.25, -0.2) is 4.90 Å². The fourth-order valence-corrected chi connectivity index (χ4v) is 4.59.